The Bertz CT molecular complexity index is 353. The van der Waals surface area contributed by atoms with Crippen LogP contribution in [0.5, 0.6) is 0 Å². The van der Waals surface area contributed by atoms with Crippen molar-refractivity contribution in [2.45, 2.75) is 33.7 Å². The van der Waals surface area contributed by atoms with Crippen molar-refractivity contribution in [2.24, 2.45) is 5.92 Å². The van der Waals surface area contributed by atoms with Crippen molar-refractivity contribution < 1.29 is 4.74 Å². The summed E-state index contributed by atoms with van der Waals surface area (Å²) in [7, 11) is 0. The van der Waals surface area contributed by atoms with E-state index in [0.29, 0.717) is 18.2 Å². The van der Waals surface area contributed by atoms with Crippen molar-refractivity contribution in [3.05, 3.63) is 17.8 Å². The van der Waals surface area contributed by atoms with Crippen LogP contribution in [-0.4, -0.2) is 24.2 Å². The van der Waals surface area contributed by atoms with E-state index in [0.717, 1.165) is 18.1 Å². The SMILES string of the molecule is CCOCC(Nc1nc(C)ccc1N)C(C)C. The van der Waals surface area contributed by atoms with Gasteiger partial charge in [0, 0.05) is 12.3 Å². The van der Waals surface area contributed by atoms with E-state index in [-0.39, 0.29) is 6.04 Å². The van der Waals surface area contributed by atoms with Gasteiger partial charge >= 0.3 is 0 Å². The van der Waals surface area contributed by atoms with Crippen LogP contribution in [0.25, 0.3) is 0 Å². The molecule has 1 aromatic heterocycles. The predicted octanol–water partition coefficient (Wildman–Crippen LogP) is 2.45. The minimum Gasteiger partial charge on any atom is -0.396 e. The molecule has 1 atom stereocenters. The zero-order valence-corrected chi connectivity index (χ0v) is 11.2. The van der Waals surface area contributed by atoms with E-state index in [1.165, 1.54) is 0 Å². The summed E-state index contributed by atoms with van der Waals surface area (Å²) in [6.07, 6.45) is 0. The first-order chi connectivity index (χ1) is 8.04. The quantitative estimate of drug-likeness (QED) is 0.798. The normalized spacial score (nSPS) is 12.8. The van der Waals surface area contributed by atoms with Gasteiger partial charge in [0.05, 0.1) is 18.3 Å². The molecule has 0 aliphatic heterocycles. The Morgan fingerprint density at radius 1 is 1.41 bits per heavy atom. The summed E-state index contributed by atoms with van der Waals surface area (Å²) in [5.74, 6) is 1.21. The molecular formula is C13H23N3O. The van der Waals surface area contributed by atoms with Crippen molar-refractivity contribution in [3.8, 4) is 0 Å². The number of rotatable bonds is 6. The largest absolute Gasteiger partial charge is 0.396 e. The fraction of sp³-hybridized carbons (Fsp3) is 0.615. The van der Waals surface area contributed by atoms with Crippen molar-refractivity contribution in [3.63, 3.8) is 0 Å². The lowest BCUT2D eigenvalue weighted by Crippen LogP contribution is -2.31. The van der Waals surface area contributed by atoms with Crippen LogP contribution in [0, 0.1) is 12.8 Å². The van der Waals surface area contributed by atoms with E-state index in [1.807, 2.05) is 26.0 Å². The summed E-state index contributed by atoms with van der Waals surface area (Å²) in [5, 5.41) is 3.36. The number of aryl methyl sites for hydroxylation is 1. The van der Waals surface area contributed by atoms with Crippen LogP contribution in [0.2, 0.25) is 0 Å². The number of pyridine rings is 1. The Morgan fingerprint density at radius 3 is 2.71 bits per heavy atom. The molecule has 0 aromatic carbocycles. The zero-order chi connectivity index (χ0) is 12.8. The van der Waals surface area contributed by atoms with Crippen LogP contribution in [0.1, 0.15) is 26.5 Å². The molecular weight excluding hydrogens is 214 g/mol. The molecule has 0 aliphatic carbocycles. The maximum absolute atomic E-state index is 5.90. The summed E-state index contributed by atoms with van der Waals surface area (Å²) in [6.45, 7) is 9.66. The number of hydrogen-bond acceptors (Lipinski definition) is 4. The number of nitrogens with two attached hydrogens (primary N) is 1. The predicted molar refractivity (Wildman–Crippen MR) is 72.1 cm³/mol. The molecule has 0 spiro atoms. The van der Waals surface area contributed by atoms with Crippen LogP contribution < -0.4 is 11.1 Å². The lowest BCUT2D eigenvalue weighted by atomic mass is 10.1. The molecule has 1 heterocycles. The highest BCUT2D eigenvalue weighted by molar-refractivity contribution is 5.61. The third-order valence-corrected chi connectivity index (χ3v) is 2.69. The number of anilines is 2. The van der Waals surface area contributed by atoms with Crippen molar-refractivity contribution in [2.75, 3.05) is 24.3 Å². The third kappa shape index (κ3) is 4.23. The van der Waals surface area contributed by atoms with Gasteiger partial charge in [-0.25, -0.2) is 4.98 Å². The van der Waals surface area contributed by atoms with Crippen molar-refractivity contribution >= 4 is 11.5 Å². The second kappa shape index (κ2) is 6.45. The van der Waals surface area contributed by atoms with Gasteiger partial charge in [0.25, 0.3) is 0 Å². The van der Waals surface area contributed by atoms with Gasteiger partial charge in [0.1, 0.15) is 5.82 Å². The Balaban J connectivity index is 2.74. The average Bonchev–Trinajstić information content (AvgIpc) is 2.28. The molecule has 0 saturated heterocycles. The van der Waals surface area contributed by atoms with Crippen molar-refractivity contribution in [1.29, 1.82) is 0 Å². The Labute approximate surface area is 104 Å². The molecule has 96 valence electrons. The molecule has 0 aliphatic rings. The highest BCUT2D eigenvalue weighted by Gasteiger charge is 2.15. The standard InChI is InChI=1S/C13H23N3O/c1-5-17-8-12(9(2)3)16-13-11(14)7-6-10(4)15-13/h6-7,9,12H,5,8,14H2,1-4H3,(H,15,16). The van der Waals surface area contributed by atoms with E-state index < -0.39 is 0 Å². The summed E-state index contributed by atoms with van der Waals surface area (Å²) < 4.78 is 5.47. The minimum absolute atomic E-state index is 0.228. The highest BCUT2D eigenvalue weighted by Crippen LogP contribution is 2.18. The average molecular weight is 237 g/mol. The van der Waals surface area contributed by atoms with Gasteiger partial charge < -0.3 is 15.8 Å². The molecule has 0 fully saturated rings. The number of aromatic nitrogens is 1. The topological polar surface area (TPSA) is 60.2 Å². The number of ether oxygens (including phenoxy) is 1. The van der Waals surface area contributed by atoms with Crippen LogP contribution in [0.4, 0.5) is 11.5 Å². The van der Waals surface area contributed by atoms with Crippen LogP contribution in [0.15, 0.2) is 12.1 Å². The second-order valence-electron chi connectivity index (χ2n) is 4.54. The third-order valence-electron chi connectivity index (χ3n) is 2.69. The molecule has 4 nitrogen and oxygen atoms in total. The zero-order valence-electron chi connectivity index (χ0n) is 11.2. The maximum atomic E-state index is 5.90. The van der Waals surface area contributed by atoms with Gasteiger partial charge in [-0.3, -0.25) is 0 Å². The van der Waals surface area contributed by atoms with Crippen LogP contribution in [0.3, 0.4) is 0 Å². The molecule has 0 radical (unpaired) electrons. The van der Waals surface area contributed by atoms with E-state index in [9.17, 15) is 0 Å². The molecule has 0 bridgehead atoms. The fourth-order valence-electron chi connectivity index (χ4n) is 1.50. The summed E-state index contributed by atoms with van der Waals surface area (Å²) in [5.41, 5.74) is 7.54. The number of nitrogen functional groups attached to an aromatic ring is 1. The van der Waals surface area contributed by atoms with Crippen molar-refractivity contribution in [1.82, 2.24) is 4.98 Å². The molecule has 1 unspecified atom stereocenters. The number of nitrogens with one attached hydrogen (secondary N) is 1. The lowest BCUT2D eigenvalue weighted by Gasteiger charge is -2.23. The van der Waals surface area contributed by atoms with Gasteiger partial charge in [-0.2, -0.15) is 0 Å². The van der Waals surface area contributed by atoms with E-state index in [2.05, 4.69) is 24.1 Å². The maximum Gasteiger partial charge on any atom is 0.149 e. The first kappa shape index (κ1) is 13.8. The molecule has 3 N–H and O–H groups in total. The van der Waals surface area contributed by atoms with E-state index in [1.54, 1.807) is 0 Å². The van der Waals surface area contributed by atoms with Gasteiger partial charge in [0.15, 0.2) is 0 Å². The molecule has 1 rings (SSSR count). The van der Waals surface area contributed by atoms with Gasteiger partial charge in [-0.1, -0.05) is 13.8 Å². The van der Waals surface area contributed by atoms with Crippen LogP contribution in [-0.2, 0) is 4.74 Å². The second-order valence-corrected chi connectivity index (χ2v) is 4.54. The highest BCUT2D eigenvalue weighted by atomic mass is 16.5. The molecule has 1 aromatic rings. The summed E-state index contributed by atoms with van der Waals surface area (Å²) in [4.78, 5) is 4.41. The van der Waals surface area contributed by atoms with Gasteiger partial charge in [-0.05, 0) is 31.9 Å². The fourth-order valence-corrected chi connectivity index (χ4v) is 1.50. The van der Waals surface area contributed by atoms with Gasteiger partial charge in [0.2, 0.25) is 0 Å². The number of hydrogen-bond donors (Lipinski definition) is 2. The van der Waals surface area contributed by atoms with Crippen LogP contribution >= 0.6 is 0 Å². The summed E-state index contributed by atoms with van der Waals surface area (Å²) in [6, 6.07) is 4.02. The molecule has 4 heteroatoms. The van der Waals surface area contributed by atoms with Gasteiger partial charge in [-0.15, -0.1) is 0 Å². The lowest BCUT2D eigenvalue weighted by molar-refractivity contribution is 0.126. The van der Waals surface area contributed by atoms with E-state index >= 15 is 0 Å². The summed E-state index contributed by atoms with van der Waals surface area (Å²) >= 11 is 0. The molecule has 0 amide bonds. The Morgan fingerprint density at radius 2 is 2.12 bits per heavy atom. The molecule has 0 saturated carbocycles. The smallest absolute Gasteiger partial charge is 0.149 e. The molecule has 17 heavy (non-hydrogen) atoms. The van der Waals surface area contributed by atoms with E-state index in [4.69, 9.17) is 10.5 Å². The monoisotopic (exact) mass is 237 g/mol. The Hall–Kier alpha value is -1.29. The Kier molecular flexibility index (Phi) is 5.22. The minimum atomic E-state index is 0.228. The number of nitrogens with zero attached hydrogens (tertiary/aromatic N) is 1. The first-order valence-corrected chi connectivity index (χ1v) is 6.12. The first-order valence-electron chi connectivity index (χ1n) is 6.12.